The topological polar surface area (TPSA) is 148 Å². The SMILES string of the molecule is CC1(C)CNC(=O)c2ccc(cc2)Cc2nc(nc(OCC(F)(F)F)n2)NCc2ccc(c(Cl)c2)OCCCN(C(=O)C(=O)Nc2cc(F)cc(F)c2)C1. The lowest BCUT2D eigenvalue weighted by Gasteiger charge is -2.32. The molecule has 5 heterocycles. The molecule has 0 atom stereocenters. The molecule has 0 fully saturated rings. The Hall–Kier alpha value is -5.58. The van der Waals surface area contributed by atoms with Crippen LogP contribution in [-0.4, -0.2) is 76.6 Å². The molecule has 8 rings (SSSR count). The lowest BCUT2D eigenvalue weighted by atomic mass is 9.92. The van der Waals surface area contributed by atoms with Crippen LogP contribution in [0.4, 0.5) is 33.6 Å². The zero-order valence-electron chi connectivity index (χ0n) is 29.0. The van der Waals surface area contributed by atoms with Crippen molar-refractivity contribution in [1.82, 2.24) is 25.2 Å². The van der Waals surface area contributed by atoms with Crippen molar-refractivity contribution in [2.75, 3.05) is 43.5 Å². The van der Waals surface area contributed by atoms with Crippen LogP contribution in [-0.2, 0) is 22.6 Å². The Kier molecular flexibility index (Phi) is 12.5. The maximum atomic E-state index is 13.7. The Morgan fingerprint density at radius 2 is 1.69 bits per heavy atom. The molecule has 4 aromatic rings. The first kappa shape index (κ1) is 39.6. The average molecular weight is 776 g/mol. The summed E-state index contributed by atoms with van der Waals surface area (Å²) in [5.74, 6) is -4.00. The summed E-state index contributed by atoms with van der Waals surface area (Å²) in [6, 6.07) is 13.2. The molecule has 0 saturated heterocycles. The summed E-state index contributed by atoms with van der Waals surface area (Å²) in [5, 5.41) is 8.26. The van der Waals surface area contributed by atoms with Gasteiger partial charge in [0.05, 0.1) is 11.6 Å². The number of nitrogens with zero attached hydrogens (tertiary/aromatic N) is 4. The fourth-order valence-corrected chi connectivity index (χ4v) is 5.57. The molecule has 0 spiro atoms. The summed E-state index contributed by atoms with van der Waals surface area (Å²) in [5.41, 5.74) is 0.574. The number of hydrogen-bond donors (Lipinski definition) is 3. The average Bonchev–Trinajstić information content (AvgIpc) is 3.09. The van der Waals surface area contributed by atoms with Crippen LogP contribution >= 0.6 is 11.6 Å². The smallest absolute Gasteiger partial charge is 0.422 e. The predicted molar refractivity (Wildman–Crippen MR) is 187 cm³/mol. The Morgan fingerprint density at radius 1 is 0.981 bits per heavy atom. The largest absolute Gasteiger partial charge is 0.492 e. The summed E-state index contributed by atoms with van der Waals surface area (Å²) in [6.07, 6.45) is -4.31. The highest BCUT2D eigenvalue weighted by Gasteiger charge is 2.30. The number of hydrogen-bond acceptors (Lipinski definition) is 9. The lowest BCUT2D eigenvalue weighted by Crippen LogP contribution is -2.48. The molecular formula is C36H35ClF5N7O5. The van der Waals surface area contributed by atoms with Crippen LogP contribution in [0.15, 0.2) is 60.7 Å². The van der Waals surface area contributed by atoms with Crippen molar-refractivity contribution in [3.05, 3.63) is 99.8 Å². The highest BCUT2D eigenvalue weighted by atomic mass is 35.5. The maximum Gasteiger partial charge on any atom is 0.422 e. The molecule has 4 aliphatic rings. The van der Waals surface area contributed by atoms with Gasteiger partial charge in [0.2, 0.25) is 5.95 Å². The number of rotatable bonds is 3. The molecule has 3 aromatic carbocycles. The first-order chi connectivity index (χ1) is 25.5. The molecule has 0 saturated carbocycles. The van der Waals surface area contributed by atoms with Crippen LogP contribution in [0, 0.1) is 17.0 Å². The van der Waals surface area contributed by atoms with Gasteiger partial charge in [-0.15, -0.1) is 0 Å². The molecule has 286 valence electrons. The molecule has 0 unspecified atom stereocenters. The van der Waals surface area contributed by atoms with Gasteiger partial charge in [0.15, 0.2) is 6.61 Å². The molecule has 54 heavy (non-hydrogen) atoms. The fraction of sp³-hybridized carbons (Fsp3) is 0.333. The van der Waals surface area contributed by atoms with Crippen LogP contribution < -0.4 is 25.4 Å². The predicted octanol–water partition coefficient (Wildman–Crippen LogP) is 5.95. The monoisotopic (exact) mass is 775 g/mol. The third-order valence-electron chi connectivity index (χ3n) is 7.83. The molecule has 1 aromatic heterocycles. The molecular weight excluding hydrogens is 741 g/mol. The normalized spacial score (nSPS) is 15.3. The molecule has 0 radical (unpaired) electrons. The van der Waals surface area contributed by atoms with E-state index in [1.165, 1.54) is 4.90 Å². The lowest BCUT2D eigenvalue weighted by molar-refractivity contribution is -0.154. The maximum absolute atomic E-state index is 13.7. The van der Waals surface area contributed by atoms with Gasteiger partial charge < -0.3 is 30.3 Å². The van der Waals surface area contributed by atoms with Gasteiger partial charge in [-0.25, -0.2) is 8.78 Å². The van der Waals surface area contributed by atoms with E-state index in [0.717, 1.165) is 12.1 Å². The second-order valence-electron chi connectivity index (χ2n) is 13.1. The van der Waals surface area contributed by atoms with Gasteiger partial charge in [0, 0.05) is 49.9 Å². The van der Waals surface area contributed by atoms with E-state index in [2.05, 4.69) is 30.9 Å². The standard InChI is InChI=1S/C36H35ClF5N7O5/c1-35(2)18-44-30(50)23-7-4-21(5-8-23)13-29-46-33(48-34(47-29)54-20-36(40,41)42)43-17-22-6-9-28(27(37)12-22)53-11-3-10-49(19-35)32(52)31(51)45-26-15-24(38)14-25(39)16-26/h4-9,12,14-16H,3,10-11,13,17-20H2,1-2H3,(H,44,50)(H,45,51)(H,43,46,47,48). The number of amides is 3. The van der Waals surface area contributed by atoms with E-state index >= 15 is 0 Å². The van der Waals surface area contributed by atoms with Gasteiger partial charge in [0.25, 0.3) is 5.91 Å². The second kappa shape index (κ2) is 17.0. The van der Waals surface area contributed by atoms with Crippen molar-refractivity contribution < 1.29 is 45.8 Å². The Labute approximate surface area is 311 Å². The quantitative estimate of drug-likeness (QED) is 0.170. The van der Waals surface area contributed by atoms with Gasteiger partial charge in [-0.2, -0.15) is 28.1 Å². The molecule has 6 bridgehead atoms. The van der Waals surface area contributed by atoms with Gasteiger partial charge in [0.1, 0.15) is 23.2 Å². The van der Waals surface area contributed by atoms with E-state index in [9.17, 15) is 36.3 Å². The summed E-state index contributed by atoms with van der Waals surface area (Å²) in [7, 11) is 0. The van der Waals surface area contributed by atoms with E-state index < -0.39 is 53.6 Å². The number of ether oxygens (including phenoxy) is 2. The Morgan fingerprint density at radius 3 is 2.37 bits per heavy atom. The molecule has 3 N–H and O–H groups in total. The molecule has 18 heteroatoms. The summed E-state index contributed by atoms with van der Waals surface area (Å²) < 4.78 is 76.9. The first-order valence-electron chi connectivity index (χ1n) is 16.5. The summed E-state index contributed by atoms with van der Waals surface area (Å²) in [4.78, 5) is 53.1. The fourth-order valence-electron chi connectivity index (χ4n) is 5.31. The van der Waals surface area contributed by atoms with Crippen LogP contribution in [0.5, 0.6) is 11.8 Å². The van der Waals surface area contributed by atoms with Crippen molar-refractivity contribution in [2.24, 2.45) is 5.41 Å². The molecule has 0 aliphatic carbocycles. The van der Waals surface area contributed by atoms with E-state index in [4.69, 9.17) is 21.1 Å². The summed E-state index contributed by atoms with van der Waals surface area (Å²) in [6.45, 7) is 2.25. The summed E-state index contributed by atoms with van der Waals surface area (Å²) >= 11 is 6.48. The highest BCUT2D eigenvalue weighted by Crippen LogP contribution is 2.27. The van der Waals surface area contributed by atoms with Crippen LogP contribution in [0.25, 0.3) is 0 Å². The number of benzene rings is 3. The number of carbonyl (C=O) groups excluding carboxylic acids is 3. The van der Waals surface area contributed by atoms with Crippen LogP contribution in [0.1, 0.15) is 47.6 Å². The van der Waals surface area contributed by atoms with Crippen molar-refractivity contribution in [3.63, 3.8) is 0 Å². The third-order valence-corrected chi connectivity index (χ3v) is 8.12. The minimum Gasteiger partial charge on any atom is -0.492 e. The zero-order chi connectivity index (χ0) is 39.0. The van der Waals surface area contributed by atoms with Crippen LogP contribution in [0.2, 0.25) is 5.02 Å². The number of halogens is 6. The van der Waals surface area contributed by atoms with Gasteiger partial charge in [-0.3, -0.25) is 14.4 Å². The zero-order valence-corrected chi connectivity index (χ0v) is 29.8. The number of alkyl halides is 3. The Bertz CT molecular complexity index is 1980. The van der Waals surface area contributed by atoms with Crippen molar-refractivity contribution in [3.8, 4) is 11.8 Å². The first-order valence-corrected chi connectivity index (χ1v) is 16.9. The second-order valence-corrected chi connectivity index (χ2v) is 13.5. The van der Waals surface area contributed by atoms with E-state index in [1.807, 2.05) is 0 Å². The molecule has 3 amide bonds. The van der Waals surface area contributed by atoms with Crippen molar-refractivity contribution in [1.29, 1.82) is 0 Å². The minimum atomic E-state index is -4.62. The number of nitrogens with one attached hydrogen (secondary N) is 3. The van der Waals surface area contributed by atoms with Crippen molar-refractivity contribution in [2.45, 2.75) is 39.4 Å². The number of carbonyl (C=O) groups is 3. The van der Waals surface area contributed by atoms with E-state index in [-0.39, 0.29) is 68.1 Å². The number of aromatic nitrogens is 3. The van der Waals surface area contributed by atoms with Gasteiger partial charge in [-0.05, 0) is 59.4 Å². The molecule has 12 nitrogen and oxygen atoms in total. The van der Waals surface area contributed by atoms with E-state index in [1.54, 1.807) is 56.3 Å². The third kappa shape index (κ3) is 11.7. The number of anilines is 2. The highest BCUT2D eigenvalue weighted by molar-refractivity contribution is 6.39. The van der Waals surface area contributed by atoms with Crippen LogP contribution in [0.3, 0.4) is 0 Å². The van der Waals surface area contributed by atoms with E-state index in [0.29, 0.717) is 28.5 Å². The van der Waals surface area contributed by atoms with Gasteiger partial charge in [-0.1, -0.05) is 43.6 Å². The minimum absolute atomic E-state index is 0.00102. The van der Waals surface area contributed by atoms with Crippen molar-refractivity contribution >= 4 is 41.0 Å². The van der Waals surface area contributed by atoms with Gasteiger partial charge >= 0.3 is 24.0 Å². The Balaban J connectivity index is 1.38. The molecule has 4 aliphatic heterocycles.